The first-order valence-electron chi connectivity index (χ1n) is 13.5. The maximum Gasteiger partial charge on any atom is 0.335 e. The van der Waals surface area contributed by atoms with Crippen LogP contribution in [0.2, 0.25) is 5.02 Å². The number of imidazole rings is 1. The molecule has 1 saturated heterocycles. The number of carbonyl (C=O) groups is 1. The first-order chi connectivity index (χ1) is 19.9. The molecule has 1 fully saturated rings. The molecule has 1 aromatic heterocycles. The van der Waals surface area contributed by atoms with E-state index in [1.807, 2.05) is 60.3 Å². The third kappa shape index (κ3) is 5.56. The Balaban J connectivity index is 1.40. The lowest BCUT2D eigenvalue weighted by Crippen LogP contribution is -2.16. The number of benzene rings is 4. The summed E-state index contributed by atoms with van der Waals surface area (Å²) in [6.45, 7) is 0. The molecule has 0 spiro atoms. The van der Waals surface area contributed by atoms with E-state index in [-0.39, 0.29) is 17.4 Å². The van der Waals surface area contributed by atoms with Gasteiger partial charge in [0.05, 0.1) is 29.3 Å². The molecule has 5 aromatic rings. The molecular weight excluding hydrogens is 559 g/mol. The van der Waals surface area contributed by atoms with Gasteiger partial charge in [0.15, 0.2) is 0 Å². The van der Waals surface area contributed by atoms with Crippen molar-refractivity contribution in [2.75, 3.05) is 18.6 Å². The zero-order valence-corrected chi connectivity index (χ0v) is 24.0. The highest BCUT2D eigenvalue weighted by molar-refractivity contribution is 7.99. The molecule has 4 aromatic carbocycles. The van der Waals surface area contributed by atoms with Crippen LogP contribution in [0.5, 0.6) is 5.75 Å². The van der Waals surface area contributed by atoms with Gasteiger partial charge < -0.3 is 14.4 Å². The van der Waals surface area contributed by atoms with Crippen LogP contribution in [-0.4, -0.2) is 39.2 Å². The van der Waals surface area contributed by atoms with E-state index in [1.165, 1.54) is 0 Å². The van der Waals surface area contributed by atoms with Gasteiger partial charge in [0.25, 0.3) is 0 Å². The van der Waals surface area contributed by atoms with Crippen LogP contribution in [0.3, 0.4) is 0 Å². The number of ether oxygens (including phenoxy) is 1. The van der Waals surface area contributed by atoms with Crippen LogP contribution in [0.25, 0.3) is 33.5 Å². The van der Waals surface area contributed by atoms with Gasteiger partial charge in [0, 0.05) is 11.1 Å². The normalized spacial score (nSPS) is 13.9. The van der Waals surface area contributed by atoms with Gasteiger partial charge in [0.1, 0.15) is 17.4 Å². The van der Waals surface area contributed by atoms with Crippen LogP contribution in [0.1, 0.15) is 40.4 Å². The van der Waals surface area contributed by atoms with Crippen LogP contribution < -0.4 is 4.74 Å². The summed E-state index contributed by atoms with van der Waals surface area (Å²) in [6, 6.07) is 24.0. The lowest BCUT2D eigenvalue weighted by Gasteiger charge is -2.25. The maximum atomic E-state index is 15.9. The zero-order chi connectivity index (χ0) is 28.5. The number of aromatic carboxylic acids is 1. The quantitative estimate of drug-likeness (QED) is 0.207. The largest absolute Gasteiger partial charge is 0.497 e. The summed E-state index contributed by atoms with van der Waals surface area (Å²) in [5, 5.41) is 10.2. The summed E-state index contributed by atoms with van der Waals surface area (Å²) in [6.07, 6.45) is 2.41. The van der Waals surface area contributed by atoms with Crippen molar-refractivity contribution in [3.63, 3.8) is 0 Å². The highest BCUT2D eigenvalue weighted by Crippen LogP contribution is 2.37. The molecule has 6 rings (SSSR count). The van der Waals surface area contributed by atoms with Crippen molar-refractivity contribution in [2.24, 2.45) is 0 Å². The lowest BCUT2D eigenvalue weighted by molar-refractivity contribution is 0.0697. The minimum Gasteiger partial charge on any atom is -0.497 e. The molecule has 1 N–H and O–H groups in total. The Morgan fingerprint density at radius 2 is 1.78 bits per heavy atom. The first kappa shape index (κ1) is 27.4. The smallest absolute Gasteiger partial charge is 0.335 e. The fourth-order valence-corrected chi connectivity index (χ4v) is 6.77. The molecule has 0 saturated carbocycles. The van der Waals surface area contributed by atoms with E-state index in [9.17, 15) is 9.90 Å². The van der Waals surface area contributed by atoms with Gasteiger partial charge in [0.2, 0.25) is 0 Å². The predicted molar refractivity (Wildman–Crippen MR) is 164 cm³/mol. The average molecular weight is 587 g/mol. The lowest BCUT2D eigenvalue weighted by atomic mass is 9.94. The number of nitrogens with zero attached hydrogens (tertiary/aromatic N) is 2. The number of fused-ring (bicyclic) bond motifs is 1. The van der Waals surface area contributed by atoms with Crippen LogP contribution in [0.15, 0.2) is 78.9 Å². The van der Waals surface area contributed by atoms with Crippen LogP contribution in [-0.2, 0) is 6.42 Å². The monoisotopic (exact) mass is 586 g/mol. The molecule has 8 heteroatoms. The second-order valence-corrected chi connectivity index (χ2v) is 11.8. The Morgan fingerprint density at radius 1 is 1.02 bits per heavy atom. The second-order valence-electron chi connectivity index (χ2n) is 10.2. The van der Waals surface area contributed by atoms with Crippen molar-refractivity contribution in [1.82, 2.24) is 9.55 Å². The van der Waals surface area contributed by atoms with E-state index in [2.05, 4.69) is 4.57 Å². The van der Waals surface area contributed by atoms with E-state index in [0.717, 1.165) is 57.9 Å². The number of aromatic nitrogens is 2. The van der Waals surface area contributed by atoms with Crippen molar-refractivity contribution in [2.45, 2.75) is 25.3 Å². The number of carboxylic acid groups (broad SMARTS) is 1. The fraction of sp³-hybridized carbons (Fsp3) is 0.212. The van der Waals surface area contributed by atoms with E-state index < -0.39 is 5.97 Å². The standard InChI is InChI=1S/C33H28ClFN2O3S/c1-40-26-8-10-27(21-3-6-24(34)7-4-21)23(18-26)16-20-2-9-28(29(35)17-20)32-36-30-19-22(33(38)39)5-11-31(30)37(32)25-12-14-41-15-13-25/h2-11,17-19,25H,12-16H2,1H3,(H,38,39). The molecular formula is C33H28ClFN2O3S. The molecule has 0 radical (unpaired) electrons. The van der Waals surface area contributed by atoms with Crippen molar-refractivity contribution in [1.29, 1.82) is 0 Å². The number of halogens is 2. The minimum atomic E-state index is -1.01. The second kappa shape index (κ2) is 11.6. The minimum absolute atomic E-state index is 0.165. The van der Waals surface area contributed by atoms with E-state index in [0.29, 0.717) is 28.3 Å². The number of rotatable bonds is 7. The Morgan fingerprint density at radius 3 is 2.49 bits per heavy atom. The maximum absolute atomic E-state index is 15.9. The predicted octanol–water partition coefficient (Wildman–Crippen LogP) is 8.53. The molecule has 1 aliphatic heterocycles. The van der Waals surface area contributed by atoms with Gasteiger partial charge in [-0.05, 0) is 108 Å². The van der Waals surface area contributed by atoms with Crippen molar-refractivity contribution in [3.05, 3.63) is 106 Å². The summed E-state index contributed by atoms with van der Waals surface area (Å²) in [4.78, 5) is 16.4. The van der Waals surface area contributed by atoms with Gasteiger partial charge in [-0.25, -0.2) is 14.2 Å². The SMILES string of the molecule is COc1ccc(-c2ccc(Cl)cc2)c(Cc2ccc(-c3nc4cc(C(=O)O)ccc4n3C3CCSCC3)c(F)c2)c1. The molecule has 0 amide bonds. The molecule has 208 valence electrons. The number of hydrogen-bond donors (Lipinski definition) is 1. The van der Waals surface area contributed by atoms with Crippen LogP contribution >= 0.6 is 23.4 Å². The fourth-order valence-electron chi connectivity index (χ4n) is 5.56. The van der Waals surface area contributed by atoms with Gasteiger partial charge in [-0.15, -0.1) is 0 Å². The van der Waals surface area contributed by atoms with Crippen molar-refractivity contribution >= 4 is 40.4 Å². The Bertz CT molecular complexity index is 1750. The molecule has 1 aliphatic rings. The van der Waals surface area contributed by atoms with Gasteiger partial charge in [-0.1, -0.05) is 35.9 Å². The van der Waals surface area contributed by atoms with Gasteiger partial charge in [-0.2, -0.15) is 11.8 Å². The third-order valence-electron chi connectivity index (χ3n) is 7.63. The zero-order valence-electron chi connectivity index (χ0n) is 22.4. The topological polar surface area (TPSA) is 64.3 Å². The van der Waals surface area contributed by atoms with E-state index >= 15 is 4.39 Å². The van der Waals surface area contributed by atoms with Crippen molar-refractivity contribution in [3.8, 4) is 28.3 Å². The first-order valence-corrected chi connectivity index (χ1v) is 15.0. The van der Waals surface area contributed by atoms with Crippen molar-refractivity contribution < 1.29 is 19.0 Å². The molecule has 0 atom stereocenters. The van der Waals surface area contributed by atoms with E-state index in [4.69, 9.17) is 21.3 Å². The number of carboxylic acids is 1. The summed E-state index contributed by atoms with van der Waals surface area (Å²) in [5.74, 6) is 1.94. The molecule has 5 nitrogen and oxygen atoms in total. The average Bonchev–Trinajstić information content (AvgIpc) is 3.36. The van der Waals surface area contributed by atoms with Crippen LogP contribution in [0.4, 0.5) is 4.39 Å². The molecule has 2 heterocycles. The summed E-state index contributed by atoms with van der Waals surface area (Å²) < 4.78 is 23.5. The van der Waals surface area contributed by atoms with E-state index in [1.54, 1.807) is 37.4 Å². The summed E-state index contributed by atoms with van der Waals surface area (Å²) in [7, 11) is 1.63. The Hall–Kier alpha value is -3.81. The number of hydrogen-bond acceptors (Lipinski definition) is 4. The Labute approximate surface area is 246 Å². The summed E-state index contributed by atoms with van der Waals surface area (Å²) in [5.41, 5.74) is 5.83. The molecule has 41 heavy (non-hydrogen) atoms. The number of thioether (sulfide) groups is 1. The molecule has 0 bridgehead atoms. The third-order valence-corrected chi connectivity index (χ3v) is 8.93. The highest BCUT2D eigenvalue weighted by atomic mass is 35.5. The number of methoxy groups -OCH3 is 1. The molecule has 0 unspecified atom stereocenters. The summed E-state index contributed by atoms with van der Waals surface area (Å²) >= 11 is 8.03. The van der Waals surface area contributed by atoms with Gasteiger partial charge in [-0.3, -0.25) is 0 Å². The molecule has 0 aliphatic carbocycles. The highest BCUT2D eigenvalue weighted by Gasteiger charge is 2.25. The van der Waals surface area contributed by atoms with Gasteiger partial charge >= 0.3 is 5.97 Å². The van der Waals surface area contributed by atoms with Crippen LogP contribution in [0, 0.1) is 5.82 Å². The Kier molecular flexibility index (Phi) is 7.73.